The van der Waals surface area contributed by atoms with Gasteiger partial charge in [-0.2, -0.15) is 0 Å². The van der Waals surface area contributed by atoms with Gasteiger partial charge >= 0.3 is 0 Å². The summed E-state index contributed by atoms with van der Waals surface area (Å²) in [6, 6.07) is 13.0. The Morgan fingerprint density at radius 3 is 2.59 bits per heavy atom. The molecular weight excluding hydrogens is 388 g/mol. The fourth-order valence-electron chi connectivity index (χ4n) is 2.41. The van der Waals surface area contributed by atoms with E-state index in [4.69, 9.17) is 11.6 Å². The number of hydrogen-bond donors (Lipinski definition) is 0. The highest BCUT2D eigenvalue weighted by Crippen LogP contribution is 2.32. The molecular formula is C19H13ClN2O4S. The second kappa shape index (κ2) is 8.20. The average Bonchev–Trinajstić information content (AvgIpc) is 2.91. The third-order valence-electron chi connectivity index (χ3n) is 3.74. The first-order valence-corrected chi connectivity index (χ1v) is 9.04. The molecule has 8 heteroatoms. The van der Waals surface area contributed by atoms with Crippen molar-refractivity contribution in [3.8, 4) is 0 Å². The van der Waals surface area contributed by atoms with Gasteiger partial charge in [0.2, 0.25) is 0 Å². The number of thioether (sulfide) groups is 1. The highest BCUT2D eigenvalue weighted by atomic mass is 35.5. The molecule has 0 spiro atoms. The van der Waals surface area contributed by atoms with Crippen molar-refractivity contribution in [1.82, 2.24) is 4.90 Å². The molecule has 1 saturated heterocycles. The summed E-state index contributed by atoms with van der Waals surface area (Å²) in [5.41, 5.74) is 1.41. The summed E-state index contributed by atoms with van der Waals surface area (Å²) in [6.07, 6.45) is 4.77. The van der Waals surface area contributed by atoms with Crippen LogP contribution >= 0.6 is 23.4 Å². The largest absolute Gasteiger partial charge is 0.293 e. The molecule has 2 aromatic rings. The predicted octanol–water partition coefficient (Wildman–Crippen LogP) is 5.04. The van der Waals surface area contributed by atoms with Crippen LogP contribution in [0.2, 0.25) is 5.02 Å². The molecule has 1 heterocycles. The molecule has 2 amide bonds. The van der Waals surface area contributed by atoms with E-state index in [2.05, 4.69) is 0 Å². The lowest BCUT2D eigenvalue weighted by Gasteiger charge is -2.12. The van der Waals surface area contributed by atoms with Gasteiger partial charge in [-0.25, -0.2) is 0 Å². The average molecular weight is 401 g/mol. The molecule has 0 N–H and O–H groups in total. The van der Waals surface area contributed by atoms with Gasteiger partial charge in [0.05, 0.1) is 16.4 Å². The zero-order valence-corrected chi connectivity index (χ0v) is 15.4. The van der Waals surface area contributed by atoms with E-state index in [9.17, 15) is 19.7 Å². The predicted molar refractivity (Wildman–Crippen MR) is 105 cm³/mol. The summed E-state index contributed by atoms with van der Waals surface area (Å²) in [5.74, 6) is -0.372. The van der Waals surface area contributed by atoms with E-state index >= 15 is 0 Å². The lowest BCUT2D eigenvalue weighted by molar-refractivity contribution is -0.384. The first-order chi connectivity index (χ1) is 12.9. The van der Waals surface area contributed by atoms with E-state index in [-0.39, 0.29) is 23.4 Å². The van der Waals surface area contributed by atoms with Crippen LogP contribution < -0.4 is 0 Å². The Labute approximate surface area is 164 Å². The van der Waals surface area contributed by atoms with Crippen molar-refractivity contribution in [2.24, 2.45) is 0 Å². The number of allylic oxidation sites excluding steroid dienone is 2. The van der Waals surface area contributed by atoms with E-state index < -0.39 is 4.92 Å². The van der Waals surface area contributed by atoms with Crippen molar-refractivity contribution in [3.05, 3.63) is 91.9 Å². The molecule has 1 aliphatic heterocycles. The number of nitro benzene ring substituents is 1. The van der Waals surface area contributed by atoms with Crippen LogP contribution in [-0.2, 0) is 11.3 Å². The van der Waals surface area contributed by atoms with Crippen LogP contribution in [0.5, 0.6) is 0 Å². The number of hydrogen-bond acceptors (Lipinski definition) is 5. The van der Waals surface area contributed by atoms with Crippen molar-refractivity contribution in [2.75, 3.05) is 0 Å². The molecule has 27 heavy (non-hydrogen) atoms. The molecule has 1 aliphatic rings. The van der Waals surface area contributed by atoms with Gasteiger partial charge in [0.25, 0.3) is 16.8 Å². The van der Waals surface area contributed by atoms with Gasteiger partial charge in [-0.3, -0.25) is 24.6 Å². The van der Waals surface area contributed by atoms with E-state index in [1.807, 2.05) is 0 Å². The molecule has 6 nitrogen and oxygen atoms in total. The third-order valence-corrected chi connectivity index (χ3v) is 4.92. The molecule has 0 atom stereocenters. The molecule has 0 unspecified atom stereocenters. The van der Waals surface area contributed by atoms with Gasteiger partial charge in [0.1, 0.15) is 0 Å². The number of halogens is 1. The molecule has 0 bridgehead atoms. The van der Waals surface area contributed by atoms with Gasteiger partial charge in [0, 0.05) is 17.2 Å². The van der Waals surface area contributed by atoms with Gasteiger partial charge in [-0.15, -0.1) is 0 Å². The summed E-state index contributed by atoms with van der Waals surface area (Å²) in [6.45, 7) is 0.174. The smallest absolute Gasteiger partial charge is 0.268 e. The molecule has 0 radical (unpaired) electrons. The number of nitro groups is 1. The Morgan fingerprint density at radius 2 is 1.89 bits per heavy atom. The number of carbonyl (C=O) groups excluding carboxylic acids is 2. The first kappa shape index (κ1) is 18.9. The number of amides is 2. The fraction of sp³-hybridized carbons (Fsp3) is 0.0526. The molecule has 0 aliphatic carbocycles. The van der Waals surface area contributed by atoms with E-state index in [1.165, 1.54) is 23.1 Å². The van der Waals surface area contributed by atoms with Crippen LogP contribution in [0.3, 0.4) is 0 Å². The molecule has 136 valence electrons. The highest BCUT2D eigenvalue weighted by molar-refractivity contribution is 8.18. The minimum absolute atomic E-state index is 0.0135. The minimum Gasteiger partial charge on any atom is -0.268 e. The summed E-state index contributed by atoms with van der Waals surface area (Å²) >= 11 is 6.70. The van der Waals surface area contributed by atoms with Crippen LogP contribution in [0.1, 0.15) is 11.1 Å². The number of non-ortho nitro benzene ring substituents is 1. The Morgan fingerprint density at radius 1 is 1.15 bits per heavy atom. The van der Waals surface area contributed by atoms with Gasteiger partial charge < -0.3 is 0 Å². The monoisotopic (exact) mass is 400 g/mol. The Kier molecular flexibility index (Phi) is 5.73. The van der Waals surface area contributed by atoms with Crippen LogP contribution in [0.4, 0.5) is 10.5 Å². The Balaban J connectivity index is 1.71. The summed E-state index contributed by atoms with van der Waals surface area (Å²) < 4.78 is 0. The lowest BCUT2D eigenvalue weighted by Crippen LogP contribution is -2.27. The fourth-order valence-corrected chi connectivity index (χ4v) is 3.33. The number of nitrogens with zero attached hydrogens (tertiary/aromatic N) is 2. The molecule has 0 aromatic heterocycles. The zero-order valence-electron chi connectivity index (χ0n) is 13.9. The zero-order chi connectivity index (χ0) is 19.4. The van der Waals surface area contributed by atoms with Crippen molar-refractivity contribution in [3.63, 3.8) is 0 Å². The lowest BCUT2D eigenvalue weighted by atomic mass is 10.2. The summed E-state index contributed by atoms with van der Waals surface area (Å²) in [7, 11) is 0. The maximum atomic E-state index is 12.4. The van der Waals surface area contributed by atoms with E-state index in [1.54, 1.807) is 48.6 Å². The number of imide groups is 1. The summed E-state index contributed by atoms with van der Waals surface area (Å²) in [4.78, 5) is 36.3. The number of rotatable bonds is 5. The van der Waals surface area contributed by atoms with Crippen LogP contribution in [0, 0.1) is 10.1 Å². The normalized spacial score (nSPS) is 15.9. The van der Waals surface area contributed by atoms with E-state index in [0.29, 0.717) is 15.5 Å². The number of carbonyl (C=O) groups is 2. The second-order valence-electron chi connectivity index (χ2n) is 5.63. The number of benzene rings is 2. The van der Waals surface area contributed by atoms with Gasteiger partial charge in [-0.1, -0.05) is 48.0 Å². The highest BCUT2D eigenvalue weighted by Gasteiger charge is 2.34. The van der Waals surface area contributed by atoms with Crippen molar-refractivity contribution < 1.29 is 14.5 Å². The molecule has 2 aromatic carbocycles. The maximum absolute atomic E-state index is 12.4. The SMILES string of the molecule is O=C1S/C(=C\C=C\c2cccc([N+](=O)[O-])c2)C(=O)N1Cc1ccc(Cl)cc1. The van der Waals surface area contributed by atoms with E-state index in [0.717, 1.165) is 17.3 Å². The first-order valence-electron chi connectivity index (χ1n) is 7.85. The van der Waals surface area contributed by atoms with Crippen LogP contribution in [-0.4, -0.2) is 21.0 Å². The second-order valence-corrected chi connectivity index (χ2v) is 7.06. The molecule has 1 fully saturated rings. The quantitative estimate of drug-likeness (QED) is 0.399. The van der Waals surface area contributed by atoms with Gasteiger partial charge in [-0.05, 0) is 41.1 Å². The minimum atomic E-state index is -0.473. The molecule has 0 saturated carbocycles. The van der Waals surface area contributed by atoms with Gasteiger partial charge in [0.15, 0.2) is 0 Å². The standard InChI is InChI=1S/C19H13ClN2O4S/c20-15-9-7-14(8-10-15)12-21-18(23)17(27-19(21)24)6-2-4-13-3-1-5-16(11-13)22(25)26/h1-11H,12H2/b4-2+,17-6-. The Bertz CT molecular complexity index is 970. The molecule has 3 rings (SSSR count). The summed E-state index contributed by atoms with van der Waals surface area (Å²) in [5, 5.41) is 11.0. The van der Waals surface area contributed by atoms with Crippen LogP contribution in [0.15, 0.2) is 65.6 Å². The van der Waals surface area contributed by atoms with Crippen LogP contribution in [0.25, 0.3) is 6.08 Å². The topological polar surface area (TPSA) is 80.5 Å². The Hall–Kier alpha value is -2.90. The van der Waals surface area contributed by atoms with Crippen molar-refractivity contribution in [1.29, 1.82) is 0 Å². The maximum Gasteiger partial charge on any atom is 0.293 e. The third kappa shape index (κ3) is 4.64. The van der Waals surface area contributed by atoms with Crippen molar-refractivity contribution in [2.45, 2.75) is 6.54 Å². The van der Waals surface area contributed by atoms with Crippen molar-refractivity contribution >= 4 is 46.3 Å².